The molecule has 0 radical (unpaired) electrons. The number of carbonyl (C=O) groups is 1. The van der Waals surface area contributed by atoms with E-state index < -0.39 is 11.8 Å². The second kappa shape index (κ2) is 10.8. The Morgan fingerprint density at radius 1 is 1.34 bits per heavy atom. The highest BCUT2D eigenvalue weighted by atomic mass is 35.5. The summed E-state index contributed by atoms with van der Waals surface area (Å²) in [5.41, 5.74) is 2.99. The third-order valence-corrected chi connectivity index (χ3v) is 6.06. The van der Waals surface area contributed by atoms with Gasteiger partial charge in [-0.2, -0.15) is 4.98 Å². The molecular weight excluding hydrogens is 471 g/mol. The van der Waals surface area contributed by atoms with Gasteiger partial charge in [0.1, 0.15) is 11.6 Å². The van der Waals surface area contributed by atoms with Crippen LogP contribution in [0.1, 0.15) is 25.8 Å². The minimum Gasteiger partial charge on any atom is -0.478 e. The number of aliphatic carboxylic acids is 1. The molecule has 1 aliphatic heterocycles. The van der Waals surface area contributed by atoms with Crippen LogP contribution in [0.4, 0.5) is 21.8 Å². The number of benzene rings is 2. The molecule has 2 unspecified atom stereocenters. The summed E-state index contributed by atoms with van der Waals surface area (Å²) in [5.74, 6) is -0.428. The summed E-state index contributed by atoms with van der Waals surface area (Å²) >= 11 is 5.93. The Labute approximate surface area is 208 Å². The zero-order chi connectivity index (χ0) is 24.9. The molecule has 1 aromatic heterocycles. The van der Waals surface area contributed by atoms with Gasteiger partial charge in [0.05, 0.1) is 23.8 Å². The number of halogens is 2. The van der Waals surface area contributed by atoms with Gasteiger partial charge in [-0.05, 0) is 54.8 Å². The first kappa shape index (κ1) is 24.6. The maximum absolute atomic E-state index is 13.6. The molecule has 0 amide bonds. The molecule has 35 heavy (non-hydrogen) atoms. The molecule has 1 fully saturated rings. The zero-order valence-corrected chi connectivity index (χ0v) is 20.2. The van der Waals surface area contributed by atoms with E-state index in [1.807, 2.05) is 31.2 Å². The van der Waals surface area contributed by atoms with Crippen LogP contribution >= 0.6 is 11.6 Å². The number of carboxylic acids is 1. The van der Waals surface area contributed by atoms with Crippen LogP contribution in [-0.4, -0.2) is 46.3 Å². The van der Waals surface area contributed by atoms with E-state index >= 15 is 0 Å². The van der Waals surface area contributed by atoms with E-state index in [-0.39, 0.29) is 17.2 Å². The highest BCUT2D eigenvalue weighted by Gasteiger charge is 2.29. The average Bonchev–Trinajstić information content (AvgIpc) is 2.85. The largest absolute Gasteiger partial charge is 0.478 e. The van der Waals surface area contributed by atoms with Crippen molar-refractivity contribution >= 4 is 41.1 Å². The van der Waals surface area contributed by atoms with Gasteiger partial charge in [0.25, 0.3) is 0 Å². The molecule has 2 atom stereocenters. The van der Waals surface area contributed by atoms with Crippen LogP contribution in [0.3, 0.4) is 0 Å². The SMILES string of the molecule is CCC1COC(C)CN1c1nc(Nc2ccc(F)c(Cl)c2)ncc1-c1cccc(C=CC(=O)O)c1. The summed E-state index contributed by atoms with van der Waals surface area (Å²) in [6, 6.07) is 12.0. The van der Waals surface area contributed by atoms with Gasteiger partial charge in [0.15, 0.2) is 0 Å². The third kappa shape index (κ3) is 5.96. The highest BCUT2D eigenvalue weighted by molar-refractivity contribution is 6.31. The summed E-state index contributed by atoms with van der Waals surface area (Å²) in [6.45, 7) is 5.37. The molecular formula is C26H26ClFN4O3. The lowest BCUT2D eigenvalue weighted by molar-refractivity contribution is -0.131. The lowest BCUT2D eigenvalue weighted by Crippen LogP contribution is -2.49. The molecule has 0 bridgehead atoms. The van der Waals surface area contributed by atoms with E-state index in [1.165, 1.54) is 12.1 Å². The van der Waals surface area contributed by atoms with Crippen molar-refractivity contribution in [2.75, 3.05) is 23.4 Å². The monoisotopic (exact) mass is 496 g/mol. The normalized spacial score (nSPS) is 18.1. The molecule has 182 valence electrons. The Morgan fingerprint density at radius 2 is 2.17 bits per heavy atom. The van der Waals surface area contributed by atoms with Crippen LogP contribution in [0, 0.1) is 5.82 Å². The zero-order valence-electron chi connectivity index (χ0n) is 19.4. The quantitative estimate of drug-likeness (QED) is 0.401. The molecule has 2 heterocycles. The van der Waals surface area contributed by atoms with Crippen molar-refractivity contribution in [3.63, 3.8) is 0 Å². The van der Waals surface area contributed by atoms with Crippen LogP contribution < -0.4 is 10.2 Å². The van der Waals surface area contributed by atoms with Crippen molar-refractivity contribution in [1.29, 1.82) is 0 Å². The number of morpholine rings is 1. The Morgan fingerprint density at radius 3 is 2.91 bits per heavy atom. The van der Waals surface area contributed by atoms with Gasteiger partial charge in [-0.15, -0.1) is 0 Å². The summed E-state index contributed by atoms with van der Waals surface area (Å²) in [4.78, 5) is 22.5. The average molecular weight is 497 g/mol. The van der Waals surface area contributed by atoms with E-state index in [2.05, 4.69) is 22.1 Å². The fourth-order valence-electron chi connectivity index (χ4n) is 3.98. The Hall–Kier alpha value is -3.49. The predicted molar refractivity (Wildman–Crippen MR) is 136 cm³/mol. The van der Waals surface area contributed by atoms with Crippen molar-refractivity contribution in [3.8, 4) is 11.1 Å². The van der Waals surface area contributed by atoms with Gasteiger partial charge in [-0.3, -0.25) is 0 Å². The van der Waals surface area contributed by atoms with Crippen molar-refractivity contribution in [2.24, 2.45) is 0 Å². The first-order valence-electron chi connectivity index (χ1n) is 11.3. The van der Waals surface area contributed by atoms with E-state index in [0.29, 0.717) is 24.8 Å². The van der Waals surface area contributed by atoms with Gasteiger partial charge in [0.2, 0.25) is 5.95 Å². The smallest absolute Gasteiger partial charge is 0.328 e. The molecule has 1 aliphatic rings. The summed E-state index contributed by atoms with van der Waals surface area (Å²) < 4.78 is 19.5. The number of carboxylic acid groups (broad SMARTS) is 1. The molecule has 2 N–H and O–H groups in total. The topological polar surface area (TPSA) is 87.6 Å². The summed E-state index contributed by atoms with van der Waals surface area (Å²) in [5, 5.41) is 12.1. The number of rotatable bonds is 7. The van der Waals surface area contributed by atoms with Crippen LogP contribution in [0.2, 0.25) is 5.02 Å². The molecule has 9 heteroatoms. The van der Waals surface area contributed by atoms with E-state index in [4.69, 9.17) is 26.4 Å². The fourth-order valence-corrected chi connectivity index (χ4v) is 4.16. The predicted octanol–water partition coefficient (Wildman–Crippen LogP) is 5.78. The molecule has 0 saturated carbocycles. The van der Waals surface area contributed by atoms with E-state index in [9.17, 15) is 9.18 Å². The minimum atomic E-state index is -1.01. The van der Waals surface area contributed by atoms with Crippen LogP contribution in [0.25, 0.3) is 17.2 Å². The maximum Gasteiger partial charge on any atom is 0.328 e. The van der Waals surface area contributed by atoms with E-state index in [1.54, 1.807) is 18.3 Å². The molecule has 7 nitrogen and oxygen atoms in total. The van der Waals surface area contributed by atoms with Crippen LogP contribution in [0.15, 0.2) is 54.7 Å². The summed E-state index contributed by atoms with van der Waals surface area (Å²) in [7, 11) is 0. The number of hydrogen-bond donors (Lipinski definition) is 2. The number of aromatic nitrogens is 2. The van der Waals surface area contributed by atoms with Crippen molar-refractivity contribution in [2.45, 2.75) is 32.4 Å². The molecule has 1 saturated heterocycles. The Balaban J connectivity index is 1.77. The molecule has 2 aromatic carbocycles. The molecule has 4 rings (SSSR count). The van der Waals surface area contributed by atoms with Crippen molar-refractivity contribution < 1.29 is 19.0 Å². The molecule has 0 spiro atoms. The van der Waals surface area contributed by atoms with E-state index in [0.717, 1.165) is 35.0 Å². The number of anilines is 3. The van der Waals surface area contributed by atoms with Gasteiger partial charge in [-0.1, -0.05) is 36.7 Å². The summed E-state index contributed by atoms with van der Waals surface area (Å²) in [6.07, 6.45) is 5.29. The van der Waals surface area contributed by atoms with Gasteiger partial charge >= 0.3 is 5.97 Å². The second-order valence-electron chi connectivity index (χ2n) is 8.34. The number of nitrogens with zero attached hydrogens (tertiary/aromatic N) is 3. The minimum absolute atomic E-state index is 0.00567. The van der Waals surface area contributed by atoms with Gasteiger partial charge in [-0.25, -0.2) is 14.2 Å². The standard InChI is InChI=1S/C26H26ClFN4O3/c1-3-20-15-35-16(2)14-32(20)25-21(18-6-4-5-17(11-18)7-10-24(33)34)13-29-26(31-25)30-19-8-9-23(28)22(27)12-19/h4-13,16,20H,3,14-15H2,1-2H3,(H,33,34)(H,29,30,31). The van der Waals surface area contributed by atoms with Gasteiger partial charge in [0, 0.05) is 30.1 Å². The fraction of sp³-hybridized carbons (Fsp3) is 0.269. The molecule has 3 aromatic rings. The van der Waals surface area contributed by atoms with Gasteiger partial charge < -0.3 is 20.1 Å². The highest BCUT2D eigenvalue weighted by Crippen LogP contribution is 2.34. The lowest BCUT2D eigenvalue weighted by atomic mass is 10.0. The second-order valence-corrected chi connectivity index (χ2v) is 8.75. The number of nitrogens with one attached hydrogen (secondary N) is 1. The Bertz CT molecular complexity index is 1250. The first-order valence-corrected chi connectivity index (χ1v) is 11.7. The van der Waals surface area contributed by atoms with Crippen LogP contribution in [0.5, 0.6) is 0 Å². The van der Waals surface area contributed by atoms with Crippen LogP contribution in [-0.2, 0) is 9.53 Å². The van der Waals surface area contributed by atoms with Crippen molar-refractivity contribution in [3.05, 3.63) is 71.1 Å². The first-order chi connectivity index (χ1) is 16.8. The number of hydrogen-bond acceptors (Lipinski definition) is 6. The lowest BCUT2D eigenvalue weighted by Gasteiger charge is -2.40. The number of ether oxygens (including phenoxy) is 1. The Kier molecular flexibility index (Phi) is 7.63. The molecule has 0 aliphatic carbocycles. The maximum atomic E-state index is 13.6. The van der Waals surface area contributed by atoms with Crippen molar-refractivity contribution in [1.82, 2.24) is 9.97 Å². The third-order valence-electron chi connectivity index (χ3n) is 5.77.